The van der Waals surface area contributed by atoms with Gasteiger partial charge in [0.05, 0.1) is 46.8 Å². The van der Waals surface area contributed by atoms with Crippen molar-refractivity contribution in [3.63, 3.8) is 0 Å². The quantitative estimate of drug-likeness (QED) is 0.165. The van der Waals surface area contributed by atoms with Gasteiger partial charge in [0.25, 0.3) is 0 Å². The summed E-state index contributed by atoms with van der Waals surface area (Å²) in [5, 5.41) is 27.7. The first-order chi connectivity index (χ1) is 22.6. The summed E-state index contributed by atoms with van der Waals surface area (Å²) < 4.78 is 16.0. The Kier molecular flexibility index (Phi) is 9.44. The molecule has 10 heteroatoms. The van der Waals surface area contributed by atoms with Crippen molar-refractivity contribution in [3.8, 4) is 6.07 Å². The maximum Gasteiger partial charge on any atom is 0.123 e. The minimum absolute atomic E-state index is 0.0263. The van der Waals surface area contributed by atoms with Crippen LogP contribution in [0.15, 0.2) is 79.1 Å². The molecule has 0 bridgehead atoms. The number of anilines is 2. The van der Waals surface area contributed by atoms with Crippen molar-refractivity contribution in [2.24, 2.45) is 0 Å². The number of benzene rings is 3. The van der Waals surface area contributed by atoms with Crippen LogP contribution in [0.5, 0.6) is 0 Å². The van der Waals surface area contributed by atoms with Gasteiger partial charge in [-0.1, -0.05) is 66.2 Å². The summed E-state index contributed by atoms with van der Waals surface area (Å²) in [6.07, 6.45) is 6.36. The van der Waals surface area contributed by atoms with Gasteiger partial charge >= 0.3 is 0 Å². The predicted octanol–water partition coefficient (Wildman–Crippen LogP) is 8.69. The van der Waals surface area contributed by atoms with Crippen LogP contribution >= 0.6 is 11.6 Å². The third-order valence-electron chi connectivity index (χ3n) is 9.10. The van der Waals surface area contributed by atoms with Crippen LogP contribution in [0.25, 0.3) is 10.9 Å². The van der Waals surface area contributed by atoms with Crippen molar-refractivity contribution in [2.75, 3.05) is 23.7 Å². The normalized spacial score (nSPS) is 15.7. The summed E-state index contributed by atoms with van der Waals surface area (Å²) in [6.45, 7) is 10.8. The van der Waals surface area contributed by atoms with Crippen LogP contribution in [0.1, 0.15) is 87.5 Å². The molecule has 1 aliphatic heterocycles. The van der Waals surface area contributed by atoms with Gasteiger partial charge in [0, 0.05) is 35.2 Å². The van der Waals surface area contributed by atoms with Gasteiger partial charge in [-0.3, -0.25) is 9.88 Å². The number of nitrogens with one attached hydrogen (secondary N) is 2. The van der Waals surface area contributed by atoms with Crippen molar-refractivity contribution >= 4 is 33.9 Å². The topological polar surface area (TPSA) is 94.7 Å². The number of rotatable bonds is 9. The third kappa shape index (κ3) is 7.09. The maximum absolute atomic E-state index is 14.1. The zero-order valence-corrected chi connectivity index (χ0v) is 28.0. The van der Waals surface area contributed by atoms with Gasteiger partial charge in [0.2, 0.25) is 0 Å². The van der Waals surface area contributed by atoms with Crippen LogP contribution in [0.3, 0.4) is 0 Å². The van der Waals surface area contributed by atoms with E-state index in [0.29, 0.717) is 33.2 Å². The molecular weight excluding hydrogens is 611 g/mol. The van der Waals surface area contributed by atoms with Crippen LogP contribution in [0.2, 0.25) is 5.02 Å². The lowest BCUT2D eigenvalue weighted by molar-refractivity contribution is 0.0866. The average molecular weight is 651 g/mol. The molecule has 0 unspecified atom stereocenters. The van der Waals surface area contributed by atoms with Crippen LogP contribution in [0, 0.1) is 17.1 Å². The van der Waals surface area contributed by atoms with Crippen LogP contribution in [-0.2, 0) is 0 Å². The second kappa shape index (κ2) is 13.7. The summed E-state index contributed by atoms with van der Waals surface area (Å²) in [4.78, 5) is 7.23. The van der Waals surface area contributed by atoms with Crippen LogP contribution < -0.4 is 10.6 Å². The Labute approximate surface area is 280 Å². The van der Waals surface area contributed by atoms with Gasteiger partial charge in [0.1, 0.15) is 17.6 Å². The van der Waals surface area contributed by atoms with E-state index in [9.17, 15) is 9.65 Å². The molecule has 2 aromatic heterocycles. The van der Waals surface area contributed by atoms with Gasteiger partial charge in [0.15, 0.2) is 0 Å². The van der Waals surface area contributed by atoms with E-state index in [4.69, 9.17) is 16.6 Å². The molecule has 242 valence electrons. The number of pyridine rings is 1. The van der Waals surface area contributed by atoms with Crippen molar-refractivity contribution in [3.05, 3.63) is 112 Å². The molecular formula is C37H40ClFN8. The highest BCUT2D eigenvalue weighted by molar-refractivity contribution is 6.32. The minimum Gasteiger partial charge on any atom is -0.377 e. The Morgan fingerprint density at radius 1 is 1.02 bits per heavy atom. The minimum atomic E-state index is -0.470. The molecule has 0 spiro atoms. The van der Waals surface area contributed by atoms with Crippen molar-refractivity contribution in [1.29, 1.82) is 5.26 Å². The van der Waals surface area contributed by atoms with E-state index in [1.165, 1.54) is 12.1 Å². The van der Waals surface area contributed by atoms with Gasteiger partial charge in [-0.2, -0.15) is 5.26 Å². The molecule has 2 N–H and O–H groups in total. The lowest BCUT2D eigenvalue weighted by atomic mass is 9.98. The standard InChI is InChI=1S/C37H40ClFN8/c1-5-31(24-9-7-6-8-10-24)42-34-26(21-40)22-41-36-30(34)19-27(38)20-32(36)43-35(25-11-13-28(39)14-12-25)33-23-47(45-44-33)29-15-17-46(18-16-29)37(2,3)4/h6-14,19-20,22-23,29,31,35,43H,5,15-18H2,1-4H3,(H,41,42)/t31-,35+/m1/s1. The summed E-state index contributed by atoms with van der Waals surface area (Å²) in [7, 11) is 0. The molecule has 3 heterocycles. The highest BCUT2D eigenvalue weighted by Crippen LogP contribution is 2.38. The highest BCUT2D eigenvalue weighted by Gasteiger charge is 2.29. The lowest BCUT2D eigenvalue weighted by Gasteiger charge is -2.40. The van der Waals surface area contributed by atoms with Crippen molar-refractivity contribution in [2.45, 2.75) is 70.6 Å². The Bertz CT molecular complexity index is 1870. The van der Waals surface area contributed by atoms with E-state index < -0.39 is 6.04 Å². The molecule has 0 aliphatic carbocycles. The second-order valence-corrected chi connectivity index (χ2v) is 13.6. The lowest BCUT2D eigenvalue weighted by Crippen LogP contribution is -2.46. The molecule has 47 heavy (non-hydrogen) atoms. The first-order valence-corrected chi connectivity index (χ1v) is 16.5. The molecule has 3 aromatic carbocycles. The Morgan fingerprint density at radius 2 is 1.74 bits per heavy atom. The highest BCUT2D eigenvalue weighted by atomic mass is 35.5. The molecule has 1 saturated heterocycles. The number of fused-ring (bicyclic) bond motifs is 1. The molecule has 1 fully saturated rings. The third-order valence-corrected chi connectivity index (χ3v) is 9.32. The SMILES string of the molecule is CC[C@@H](Nc1c(C#N)cnc2c(N[C@@H](c3ccc(F)cc3)c3cn(C4CCN(C(C)(C)C)CC4)nn3)cc(Cl)cc12)c1ccccc1. The van der Waals surface area contributed by atoms with Gasteiger partial charge < -0.3 is 10.6 Å². The molecule has 0 amide bonds. The number of hydrogen-bond donors (Lipinski definition) is 2. The Hall–Kier alpha value is -4.52. The van der Waals surface area contributed by atoms with E-state index in [1.54, 1.807) is 18.3 Å². The summed E-state index contributed by atoms with van der Waals surface area (Å²) in [6, 6.07) is 22.3. The molecule has 0 saturated carbocycles. The van der Waals surface area contributed by atoms with E-state index >= 15 is 0 Å². The van der Waals surface area contributed by atoms with E-state index in [-0.39, 0.29) is 23.4 Å². The molecule has 1 aliphatic rings. The van der Waals surface area contributed by atoms with Crippen molar-refractivity contribution < 1.29 is 4.39 Å². The van der Waals surface area contributed by atoms with Crippen LogP contribution in [-0.4, -0.2) is 43.5 Å². The average Bonchev–Trinajstić information content (AvgIpc) is 3.56. The monoisotopic (exact) mass is 650 g/mol. The zero-order valence-electron chi connectivity index (χ0n) is 27.2. The molecule has 2 atom stereocenters. The van der Waals surface area contributed by atoms with Gasteiger partial charge in [-0.15, -0.1) is 5.10 Å². The fourth-order valence-electron chi connectivity index (χ4n) is 6.44. The molecule has 0 radical (unpaired) electrons. The Balaban J connectivity index is 1.37. The van der Waals surface area contributed by atoms with E-state index in [2.05, 4.69) is 71.7 Å². The van der Waals surface area contributed by atoms with Gasteiger partial charge in [-0.25, -0.2) is 9.07 Å². The first kappa shape index (κ1) is 32.4. The number of hydrogen-bond acceptors (Lipinski definition) is 7. The Morgan fingerprint density at radius 3 is 2.40 bits per heavy atom. The molecule has 6 rings (SSSR count). The van der Waals surface area contributed by atoms with Gasteiger partial charge in [-0.05, 0) is 75.4 Å². The zero-order chi connectivity index (χ0) is 33.1. The fraction of sp³-hybridized carbons (Fsp3) is 0.351. The number of nitriles is 1. The molecule has 8 nitrogen and oxygen atoms in total. The van der Waals surface area contributed by atoms with Crippen LogP contribution in [0.4, 0.5) is 15.8 Å². The maximum atomic E-state index is 14.1. The first-order valence-electron chi connectivity index (χ1n) is 16.2. The number of piperidine rings is 1. The summed E-state index contributed by atoms with van der Waals surface area (Å²) in [5.41, 5.74) is 5.17. The smallest absolute Gasteiger partial charge is 0.123 e. The summed E-state index contributed by atoms with van der Waals surface area (Å²) >= 11 is 6.76. The fourth-order valence-corrected chi connectivity index (χ4v) is 6.66. The number of likely N-dealkylation sites (tertiary alicyclic amines) is 1. The largest absolute Gasteiger partial charge is 0.377 e. The second-order valence-electron chi connectivity index (χ2n) is 13.2. The molecule has 5 aromatic rings. The number of nitrogens with zero attached hydrogens (tertiary/aromatic N) is 6. The number of halogens is 2. The van der Waals surface area contributed by atoms with E-state index in [1.807, 2.05) is 41.2 Å². The van der Waals surface area contributed by atoms with Crippen molar-refractivity contribution in [1.82, 2.24) is 24.9 Å². The summed E-state index contributed by atoms with van der Waals surface area (Å²) in [5.74, 6) is -0.319. The van der Waals surface area contributed by atoms with E-state index in [0.717, 1.165) is 48.9 Å². The predicted molar refractivity (Wildman–Crippen MR) is 186 cm³/mol. The number of aromatic nitrogens is 4.